The summed E-state index contributed by atoms with van der Waals surface area (Å²) in [6.45, 7) is 3.93. The maximum absolute atomic E-state index is 12.0. The molecule has 5 nitrogen and oxygen atoms in total. The van der Waals surface area contributed by atoms with E-state index in [1.54, 1.807) is 13.3 Å². The van der Waals surface area contributed by atoms with E-state index < -0.39 is 0 Å². The third kappa shape index (κ3) is 2.93. The number of carbonyl (C=O) groups is 1. The van der Waals surface area contributed by atoms with Crippen LogP contribution in [0.4, 0.5) is 0 Å². The first-order valence-electron chi connectivity index (χ1n) is 6.06. The Morgan fingerprint density at radius 2 is 2.26 bits per heavy atom. The first kappa shape index (κ1) is 13.1. The standard InChI is InChI=1S/C14H17N3O2/c1-9-4-5-13(19-3)12(6-9)10(2)17-14(18)11-7-15-16-8-11/h4-8,10H,1-3H3,(H,15,16)(H,17,18). The Labute approximate surface area is 112 Å². The fraction of sp³-hybridized carbons (Fsp3) is 0.286. The Morgan fingerprint density at radius 1 is 1.47 bits per heavy atom. The van der Waals surface area contributed by atoms with Crippen LogP contribution in [0, 0.1) is 6.92 Å². The zero-order chi connectivity index (χ0) is 13.8. The second-order valence-corrected chi connectivity index (χ2v) is 4.43. The predicted octanol–water partition coefficient (Wildman–Crippen LogP) is 2.22. The molecular weight excluding hydrogens is 242 g/mol. The molecule has 0 aliphatic rings. The Hall–Kier alpha value is -2.30. The third-order valence-corrected chi connectivity index (χ3v) is 2.96. The lowest BCUT2D eigenvalue weighted by Gasteiger charge is -2.17. The van der Waals surface area contributed by atoms with Crippen molar-refractivity contribution >= 4 is 5.91 Å². The number of aromatic nitrogens is 2. The fourth-order valence-corrected chi connectivity index (χ4v) is 1.92. The van der Waals surface area contributed by atoms with Gasteiger partial charge >= 0.3 is 0 Å². The van der Waals surface area contributed by atoms with Gasteiger partial charge in [0.2, 0.25) is 0 Å². The second-order valence-electron chi connectivity index (χ2n) is 4.43. The van der Waals surface area contributed by atoms with Crippen molar-refractivity contribution < 1.29 is 9.53 Å². The number of nitrogens with zero attached hydrogens (tertiary/aromatic N) is 1. The molecule has 1 aromatic heterocycles. The topological polar surface area (TPSA) is 67.0 Å². The number of ether oxygens (including phenoxy) is 1. The number of amides is 1. The molecule has 0 radical (unpaired) electrons. The van der Waals surface area contributed by atoms with Gasteiger partial charge in [-0.15, -0.1) is 0 Å². The van der Waals surface area contributed by atoms with E-state index in [9.17, 15) is 4.79 Å². The van der Waals surface area contributed by atoms with Crippen LogP contribution in [0.15, 0.2) is 30.6 Å². The number of H-pyrrole nitrogens is 1. The first-order valence-corrected chi connectivity index (χ1v) is 6.06. The van der Waals surface area contributed by atoms with Gasteiger partial charge in [-0.25, -0.2) is 0 Å². The number of carbonyl (C=O) groups excluding carboxylic acids is 1. The second kappa shape index (κ2) is 5.56. The van der Waals surface area contributed by atoms with Gasteiger partial charge in [-0.05, 0) is 19.9 Å². The van der Waals surface area contributed by atoms with E-state index in [0.29, 0.717) is 5.56 Å². The highest BCUT2D eigenvalue weighted by atomic mass is 16.5. The van der Waals surface area contributed by atoms with Gasteiger partial charge in [-0.2, -0.15) is 5.10 Å². The van der Waals surface area contributed by atoms with E-state index in [1.165, 1.54) is 6.20 Å². The lowest BCUT2D eigenvalue weighted by Crippen LogP contribution is -2.26. The number of benzene rings is 1. The number of hydrogen-bond acceptors (Lipinski definition) is 3. The van der Waals surface area contributed by atoms with Gasteiger partial charge in [0.05, 0.1) is 24.9 Å². The molecule has 100 valence electrons. The van der Waals surface area contributed by atoms with Crippen molar-refractivity contribution in [2.45, 2.75) is 19.9 Å². The summed E-state index contributed by atoms with van der Waals surface area (Å²) in [5, 5.41) is 9.30. The molecule has 19 heavy (non-hydrogen) atoms. The number of aryl methyl sites for hydroxylation is 1. The molecule has 2 N–H and O–H groups in total. The Morgan fingerprint density at radius 3 is 2.89 bits per heavy atom. The van der Waals surface area contributed by atoms with Gasteiger partial charge < -0.3 is 10.1 Å². The van der Waals surface area contributed by atoms with Crippen LogP contribution in [-0.4, -0.2) is 23.2 Å². The molecular formula is C14H17N3O2. The molecule has 0 spiro atoms. The molecule has 1 atom stereocenters. The molecule has 2 aromatic rings. The average molecular weight is 259 g/mol. The number of nitrogens with one attached hydrogen (secondary N) is 2. The molecule has 0 fully saturated rings. The number of rotatable bonds is 4. The van der Waals surface area contributed by atoms with Gasteiger partial charge in [0.15, 0.2) is 0 Å². The summed E-state index contributed by atoms with van der Waals surface area (Å²) < 4.78 is 5.32. The third-order valence-electron chi connectivity index (χ3n) is 2.96. The predicted molar refractivity (Wildman–Crippen MR) is 72.2 cm³/mol. The molecule has 1 unspecified atom stereocenters. The zero-order valence-electron chi connectivity index (χ0n) is 11.2. The van der Waals surface area contributed by atoms with Crippen molar-refractivity contribution in [2.75, 3.05) is 7.11 Å². The van der Waals surface area contributed by atoms with Crippen LogP contribution >= 0.6 is 0 Å². The maximum Gasteiger partial charge on any atom is 0.254 e. The van der Waals surface area contributed by atoms with Crippen LogP contribution in [0.5, 0.6) is 5.75 Å². The van der Waals surface area contributed by atoms with Crippen LogP contribution in [0.3, 0.4) is 0 Å². The van der Waals surface area contributed by atoms with Crippen molar-refractivity contribution in [1.29, 1.82) is 0 Å². The van der Waals surface area contributed by atoms with Gasteiger partial charge in [-0.1, -0.05) is 17.7 Å². The molecule has 0 aliphatic carbocycles. The minimum absolute atomic E-state index is 0.141. The average Bonchev–Trinajstić information content (AvgIpc) is 2.92. The number of aromatic amines is 1. The molecule has 5 heteroatoms. The Kier molecular flexibility index (Phi) is 3.85. The van der Waals surface area contributed by atoms with E-state index in [-0.39, 0.29) is 11.9 Å². The highest BCUT2D eigenvalue weighted by Gasteiger charge is 2.15. The normalized spacial score (nSPS) is 11.9. The monoisotopic (exact) mass is 259 g/mol. The van der Waals surface area contributed by atoms with Crippen LogP contribution in [-0.2, 0) is 0 Å². The number of hydrogen-bond donors (Lipinski definition) is 2. The lowest BCUT2D eigenvalue weighted by molar-refractivity contribution is 0.0939. The summed E-state index contributed by atoms with van der Waals surface area (Å²) in [6, 6.07) is 5.76. The van der Waals surface area contributed by atoms with E-state index in [4.69, 9.17) is 4.74 Å². The molecule has 1 heterocycles. The summed E-state index contributed by atoms with van der Waals surface area (Å²) in [7, 11) is 1.62. The van der Waals surface area contributed by atoms with Crippen molar-refractivity contribution in [3.63, 3.8) is 0 Å². The summed E-state index contributed by atoms with van der Waals surface area (Å²) in [5.41, 5.74) is 2.60. The van der Waals surface area contributed by atoms with E-state index in [2.05, 4.69) is 15.5 Å². The first-order chi connectivity index (χ1) is 9.11. The zero-order valence-corrected chi connectivity index (χ0v) is 11.2. The lowest BCUT2D eigenvalue weighted by atomic mass is 10.0. The largest absolute Gasteiger partial charge is 0.496 e. The van der Waals surface area contributed by atoms with Crippen LogP contribution < -0.4 is 10.1 Å². The van der Waals surface area contributed by atoms with E-state index >= 15 is 0 Å². The highest BCUT2D eigenvalue weighted by molar-refractivity contribution is 5.93. The molecule has 0 saturated carbocycles. The quantitative estimate of drug-likeness (QED) is 0.884. The molecule has 1 amide bonds. The summed E-state index contributed by atoms with van der Waals surface area (Å²) in [5.74, 6) is 0.607. The summed E-state index contributed by atoms with van der Waals surface area (Å²) in [4.78, 5) is 12.0. The molecule has 1 aromatic carbocycles. The Balaban J connectivity index is 2.18. The van der Waals surface area contributed by atoms with Gasteiger partial charge in [0.25, 0.3) is 5.91 Å². The van der Waals surface area contributed by atoms with Gasteiger partial charge in [0, 0.05) is 11.8 Å². The molecule has 0 bridgehead atoms. The fourth-order valence-electron chi connectivity index (χ4n) is 1.92. The van der Waals surface area contributed by atoms with Gasteiger partial charge in [-0.3, -0.25) is 9.89 Å². The van der Waals surface area contributed by atoms with Crippen molar-refractivity contribution in [1.82, 2.24) is 15.5 Å². The maximum atomic E-state index is 12.0. The van der Waals surface area contributed by atoms with E-state index in [0.717, 1.165) is 16.9 Å². The van der Waals surface area contributed by atoms with Crippen LogP contribution in [0.1, 0.15) is 34.5 Å². The van der Waals surface area contributed by atoms with Crippen molar-refractivity contribution in [3.8, 4) is 5.75 Å². The molecule has 0 saturated heterocycles. The minimum Gasteiger partial charge on any atom is -0.496 e. The highest BCUT2D eigenvalue weighted by Crippen LogP contribution is 2.26. The van der Waals surface area contributed by atoms with Crippen molar-refractivity contribution in [2.24, 2.45) is 0 Å². The number of methoxy groups -OCH3 is 1. The van der Waals surface area contributed by atoms with Crippen LogP contribution in [0.25, 0.3) is 0 Å². The molecule has 2 rings (SSSR count). The SMILES string of the molecule is COc1ccc(C)cc1C(C)NC(=O)c1cn[nH]c1. The Bertz CT molecular complexity index is 564. The van der Waals surface area contributed by atoms with E-state index in [1.807, 2.05) is 32.0 Å². The molecule has 0 aliphatic heterocycles. The van der Waals surface area contributed by atoms with Gasteiger partial charge in [0.1, 0.15) is 5.75 Å². The van der Waals surface area contributed by atoms with Crippen molar-refractivity contribution in [3.05, 3.63) is 47.3 Å². The summed E-state index contributed by atoms with van der Waals surface area (Å²) in [6.07, 6.45) is 3.06. The smallest absolute Gasteiger partial charge is 0.254 e. The van der Waals surface area contributed by atoms with Crippen LogP contribution in [0.2, 0.25) is 0 Å². The minimum atomic E-state index is -0.162. The summed E-state index contributed by atoms with van der Waals surface area (Å²) >= 11 is 0.